The first-order valence-electron chi connectivity index (χ1n) is 9.34. The van der Waals surface area contributed by atoms with Crippen LogP contribution in [-0.4, -0.2) is 18.9 Å². The van der Waals surface area contributed by atoms with Crippen LogP contribution in [0.2, 0.25) is 0 Å². The maximum absolute atomic E-state index is 10.6. The summed E-state index contributed by atoms with van der Waals surface area (Å²) in [6, 6.07) is 8.45. The van der Waals surface area contributed by atoms with Gasteiger partial charge in [-0.05, 0) is 37.8 Å². The Bertz CT molecular complexity index is 414. The van der Waals surface area contributed by atoms with E-state index >= 15 is 0 Å². The van der Waals surface area contributed by atoms with Gasteiger partial charge in [-0.1, -0.05) is 77.3 Å². The molecule has 0 aliphatic heterocycles. The molecule has 0 fully saturated rings. The van der Waals surface area contributed by atoms with Crippen LogP contribution in [0.25, 0.3) is 0 Å². The van der Waals surface area contributed by atoms with E-state index in [0.29, 0.717) is 0 Å². The van der Waals surface area contributed by atoms with E-state index in [9.17, 15) is 4.79 Å². The number of carbonyl (C=O) groups excluding carboxylic acids is 1. The van der Waals surface area contributed by atoms with E-state index in [1.807, 2.05) is 13.8 Å². The second-order valence-electron chi connectivity index (χ2n) is 6.43. The van der Waals surface area contributed by atoms with Gasteiger partial charge >= 0.3 is 0 Å². The molecule has 0 saturated carbocycles. The predicted molar refractivity (Wildman–Crippen MR) is 107 cm³/mol. The van der Waals surface area contributed by atoms with Gasteiger partial charge < -0.3 is 11.5 Å². The van der Waals surface area contributed by atoms with Gasteiger partial charge in [0.05, 0.1) is 6.54 Å². The van der Waals surface area contributed by atoms with Gasteiger partial charge in [0.1, 0.15) is 5.78 Å². The molecule has 0 amide bonds. The number of ketones is 1. The first kappa shape index (κ1) is 25.1. The van der Waals surface area contributed by atoms with Gasteiger partial charge in [0.25, 0.3) is 0 Å². The number of rotatable bonds is 7. The van der Waals surface area contributed by atoms with Crippen molar-refractivity contribution in [3.05, 3.63) is 35.4 Å². The summed E-state index contributed by atoms with van der Waals surface area (Å²) in [6.07, 6.45) is 4.55. The molecule has 1 atom stereocenters. The SMILES string of the molecule is CCC(C)C(=O)CN.CCC(C)CC.Cc1cccc(CCN)c1. The number of nitrogens with two attached hydrogens (primary N) is 2. The lowest BCUT2D eigenvalue weighted by Crippen LogP contribution is -2.20. The minimum atomic E-state index is 0.153. The fourth-order valence-electron chi connectivity index (χ4n) is 1.75. The number of hydrogen-bond donors (Lipinski definition) is 2. The molecule has 3 heteroatoms. The molecule has 0 aromatic heterocycles. The fourth-order valence-corrected chi connectivity index (χ4v) is 1.75. The molecular weight excluding hydrogens is 296 g/mol. The molecule has 0 aliphatic carbocycles. The van der Waals surface area contributed by atoms with E-state index in [-0.39, 0.29) is 18.2 Å². The largest absolute Gasteiger partial charge is 0.330 e. The zero-order chi connectivity index (χ0) is 19.0. The number of benzene rings is 1. The van der Waals surface area contributed by atoms with Crippen LogP contribution in [0.3, 0.4) is 0 Å². The molecule has 0 bridgehead atoms. The third-order valence-corrected chi connectivity index (χ3v) is 4.27. The Morgan fingerprint density at radius 3 is 1.92 bits per heavy atom. The van der Waals surface area contributed by atoms with Gasteiger partial charge in [-0.15, -0.1) is 0 Å². The molecule has 24 heavy (non-hydrogen) atoms. The van der Waals surface area contributed by atoms with Gasteiger partial charge in [-0.25, -0.2) is 0 Å². The third-order valence-electron chi connectivity index (χ3n) is 4.27. The highest BCUT2D eigenvalue weighted by molar-refractivity contribution is 5.82. The number of Topliss-reactive ketones (excluding diaryl/α,β-unsaturated/α-hetero) is 1. The topological polar surface area (TPSA) is 69.1 Å². The van der Waals surface area contributed by atoms with Gasteiger partial charge in [0.2, 0.25) is 0 Å². The van der Waals surface area contributed by atoms with Crippen molar-refractivity contribution in [2.24, 2.45) is 23.3 Å². The zero-order valence-electron chi connectivity index (χ0n) is 16.8. The van der Waals surface area contributed by atoms with Gasteiger partial charge in [0, 0.05) is 5.92 Å². The molecular formula is C21H40N2O. The van der Waals surface area contributed by atoms with Crippen molar-refractivity contribution in [1.29, 1.82) is 0 Å². The Hall–Kier alpha value is -1.19. The zero-order valence-corrected chi connectivity index (χ0v) is 16.8. The molecule has 0 heterocycles. The summed E-state index contributed by atoms with van der Waals surface area (Å²) in [6.45, 7) is 13.6. The molecule has 1 unspecified atom stereocenters. The van der Waals surface area contributed by atoms with Crippen LogP contribution >= 0.6 is 0 Å². The highest BCUT2D eigenvalue weighted by atomic mass is 16.1. The maximum Gasteiger partial charge on any atom is 0.149 e. The first-order chi connectivity index (χ1) is 11.4. The average molecular weight is 337 g/mol. The molecule has 0 radical (unpaired) electrons. The van der Waals surface area contributed by atoms with Crippen LogP contribution in [0.1, 0.15) is 65.0 Å². The Morgan fingerprint density at radius 1 is 1.04 bits per heavy atom. The molecule has 1 rings (SSSR count). The summed E-state index contributed by atoms with van der Waals surface area (Å²) in [7, 11) is 0. The summed E-state index contributed by atoms with van der Waals surface area (Å²) in [5, 5.41) is 0. The second kappa shape index (κ2) is 16.7. The molecule has 0 saturated heterocycles. The molecule has 140 valence electrons. The van der Waals surface area contributed by atoms with Crippen LogP contribution in [0.15, 0.2) is 24.3 Å². The lowest BCUT2D eigenvalue weighted by atomic mass is 10.0. The predicted octanol–water partition coefficient (Wildman–Crippen LogP) is 4.50. The Morgan fingerprint density at radius 2 is 1.62 bits per heavy atom. The van der Waals surface area contributed by atoms with Crippen molar-refractivity contribution in [1.82, 2.24) is 0 Å². The van der Waals surface area contributed by atoms with E-state index < -0.39 is 0 Å². The molecule has 0 aliphatic rings. The van der Waals surface area contributed by atoms with Crippen LogP contribution in [0.5, 0.6) is 0 Å². The smallest absolute Gasteiger partial charge is 0.149 e. The van der Waals surface area contributed by atoms with Crippen LogP contribution in [-0.2, 0) is 11.2 Å². The summed E-state index contributed by atoms with van der Waals surface area (Å²) >= 11 is 0. The molecule has 3 nitrogen and oxygen atoms in total. The summed E-state index contributed by atoms with van der Waals surface area (Å²) in [5.41, 5.74) is 13.2. The number of hydrogen-bond acceptors (Lipinski definition) is 3. The van der Waals surface area contributed by atoms with Crippen molar-refractivity contribution in [2.45, 2.75) is 67.2 Å². The number of aryl methyl sites for hydroxylation is 1. The Balaban J connectivity index is 0. The minimum absolute atomic E-state index is 0.153. The molecule has 1 aromatic rings. The van der Waals surface area contributed by atoms with Crippen molar-refractivity contribution >= 4 is 5.78 Å². The highest BCUT2D eigenvalue weighted by Gasteiger charge is 2.06. The first-order valence-corrected chi connectivity index (χ1v) is 9.34. The van der Waals surface area contributed by atoms with Crippen molar-refractivity contribution in [2.75, 3.05) is 13.1 Å². The van der Waals surface area contributed by atoms with Crippen LogP contribution in [0, 0.1) is 18.8 Å². The summed E-state index contributed by atoms with van der Waals surface area (Å²) in [4.78, 5) is 10.6. The lowest BCUT2D eigenvalue weighted by Gasteiger charge is -2.01. The quantitative estimate of drug-likeness (QED) is 0.770. The van der Waals surface area contributed by atoms with Gasteiger partial charge in [-0.2, -0.15) is 0 Å². The van der Waals surface area contributed by atoms with E-state index in [4.69, 9.17) is 11.5 Å². The van der Waals surface area contributed by atoms with Crippen molar-refractivity contribution < 1.29 is 4.79 Å². The monoisotopic (exact) mass is 336 g/mol. The van der Waals surface area contributed by atoms with Gasteiger partial charge in [0.15, 0.2) is 0 Å². The molecule has 0 spiro atoms. The highest BCUT2D eigenvalue weighted by Crippen LogP contribution is 2.03. The number of carbonyl (C=O) groups is 1. The minimum Gasteiger partial charge on any atom is -0.330 e. The molecule has 1 aromatic carbocycles. The van der Waals surface area contributed by atoms with E-state index in [1.165, 1.54) is 24.0 Å². The van der Waals surface area contributed by atoms with E-state index in [2.05, 4.69) is 52.0 Å². The Labute approximate surface area is 150 Å². The van der Waals surface area contributed by atoms with E-state index in [0.717, 1.165) is 25.3 Å². The molecule has 4 N–H and O–H groups in total. The second-order valence-corrected chi connectivity index (χ2v) is 6.43. The summed E-state index contributed by atoms with van der Waals surface area (Å²) < 4.78 is 0. The third kappa shape index (κ3) is 14.4. The van der Waals surface area contributed by atoms with Crippen molar-refractivity contribution in [3.8, 4) is 0 Å². The fraction of sp³-hybridized carbons (Fsp3) is 0.667. The average Bonchev–Trinajstić information content (AvgIpc) is 2.61. The van der Waals surface area contributed by atoms with Crippen LogP contribution < -0.4 is 11.5 Å². The summed E-state index contributed by atoms with van der Waals surface area (Å²) in [5.74, 6) is 1.25. The van der Waals surface area contributed by atoms with E-state index in [1.54, 1.807) is 0 Å². The lowest BCUT2D eigenvalue weighted by molar-refractivity contribution is -0.121. The standard InChI is InChI=1S/C9H13N.C6H13NO.C6H14/c1-8-3-2-4-9(7-8)5-6-10;1-3-5(2)6(8)4-7;1-4-6(3)5-2/h2-4,7H,5-6,10H2,1H3;5H,3-4,7H2,1-2H3;6H,4-5H2,1-3H3. The maximum atomic E-state index is 10.6. The van der Waals surface area contributed by atoms with Crippen molar-refractivity contribution in [3.63, 3.8) is 0 Å². The van der Waals surface area contributed by atoms with Gasteiger partial charge in [-0.3, -0.25) is 4.79 Å². The Kier molecular flexibility index (Phi) is 17.4. The van der Waals surface area contributed by atoms with Crippen LogP contribution in [0.4, 0.5) is 0 Å². The normalized spacial score (nSPS) is 11.0.